The first kappa shape index (κ1) is 23.3. The zero-order chi connectivity index (χ0) is 24.9. The zero-order valence-electron chi connectivity index (χ0n) is 20.6. The number of carbonyl (C=O) groups is 1. The van der Waals surface area contributed by atoms with Crippen LogP contribution in [0.15, 0.2) is 23.0 Å². The third-order valence-corrected chi connectivity index (χ3v) is 6.47. The molecule has 0 saturated heterocycles. The second kappa shape index (κ2) is 8.98. The Morgan fingerprint density at radius 2 is 1.86 bits per heavy atom. The number of fused-ring (bicyclic) bond motifs is 6. The third kappa shape index (κ3) is 3.66. The number of nitrogens with one attached hydrogen (secondary N) is 1. The molecule has 9 nitrogen and oxygen atoms in total. The fourth-order valence-electron chi connectivity index (χ4n) is 4.82. The summed E-state index contributed by atoms with van der Waals surface area (Å²) in [6.45, 7) is 9.32. The van der Waals surface area contributed by atoms with Crippen molar-refractivity contribution in [1.29, 1.82) is 0 Å². The molecule has 0 fully saturated rings. The number of pyridine rings is 2. The van der Waals surface area contributed by atoms with E-state index in [2.05, 4.69) is 19.2 Å². The van der Waals surface area contributed by atoms with Crippen LogP contribution in [0.2, 0.25) is 0 Å². The highest BCUT2D eigenvalue weighted by molar-refractivity contribution is 5.91. The molecule has 3 aromatic rings. The first-order valence-electron chi connectivity index (χ1n) is 11.9. The van der Waals surface area contributed by atoms with E-state index in [-0.39, 0.29) is 25.0 Å². The predicted octanol–water partition coefficient (Wildman–Crippen LogP) is 3.42. The van der Waals surface area contributed by atoms with Gasteiger partial charge in [-0.2, -0.15) is 0 Å². The first-order chi connectivity index (χ1) is 17.0. The number of aromatic nitrogens is 2. The minimum absolute atomic E-state index is 0.0535. The number of hydrogen-bond donors (Lipinski definition) is 1. The number of rotatable bonds is 4. The molecule has 0 saturated carbocycles. The second-order valence-corrected chi connectivity index (χ2v) is 8.75. The summed E-state index contributed by atoms with van der Waals surface area (Å²) < 4.78 is 23.4. The maximum atomic E-state index is 13.4. The largest absolute Gasteiger partial charge is 0.458 e. The Balaban J connectivity index is 0.00000124. The summed E-state index contributed by atoms with van der Waals surface area (Å²) in [5.41, 5.74) is 5.04. The molecule has 3 aliphatic rings. The maximum Gasteiger partial charge on any atom is 0.340 e. The fraction of sp³-hybridized carbons (Fsp3) is 0.423. The monoisotopic (exact) mass is 479 g/mol. The fourth-order valence-corrected chi connectivity index (χ4v) is 4.82. The number of hydrogen-bond acceptors (Lipinski definition) is 8. The quantitative estimate of drug-likeness (QED) is 0.445. The van der Waals surface area contributed by atoms with Crippen molar-refractivity contribution in [1.82, 2.24) is 14.9 Å². The molecule has 1 unspecified atom stereocenters. The molecule has 0 amide bonds. The molecule has 3 aliphatic heterocycles. The van der Waals surface area contributed by atoms with Crippen LogP contribution in [0.3, 0.4) is 0 Å². The summed E-state index contributed by atoms with van der Waals surface area (Å²) >= 11 is 0. The third-order valence-electron chi connectivity index (χ3n) is 6.47. The molecular weight excluding hydrogens is 450 g/mol. The minimum Gasteiger partial charge on any atom is -0.458 e. The Labute approximate surface area is 203 Å². The van der Waals surface area contributed by atoms with Crippen LogP contribution < -0.4 is 20.3 Å². The smallest absolute Gasteiger partial charge is 0.340 e. The standard InChI is InChI=1S/C24H23N3O6.C2H6/c1-11(2)25-7-14-12-5-19-20(33-10-32-19)6-17(12)26-21-15(14)8-27-18(21)4-13-16(23(27)28)9-31-24(29)22(13)30-3;1-2/h4-6,11,22,25H,7-10H2,1-3H3;1-2H3. The predicted molar refractivity (Wildman–Crippen MR) is 130 cm³/mol. The number of nitrogens with zero attached hydrogens (tertiary/aromatic N) is 2. The van der Waals surface area contributed by atoms with Crippen molar-refractivity contribution in [2.45, 2.75) is 59.5 Å². The Kier molecular flexibility index (Phi) is 5.98. The summed E-state index contributed by atoms with van der Waals surface area (Å²) in [6.07, 6.45) is -0.923. The van der Waals surface area contributed by atoms with Crippen molar-refractivity contribution in [3.8, 4) is 22.9 Å². The van der Waals surface area contributed by atoms with Gasteiger partial charge in [0.15, 0.2) is 17.6 Å². The number of ether oxygens (including phenoxy) is 4. The van der Waals surface area contributed by atoms with Gasteiger partial charge in [-0.1, -0.05) is 27.7 Å². The van der Waals surface area contributed by atoms with Crippen molar-refractivity contribution in [3.05, 3.63) is 50.8 Å². The SMILES string of the molecule is CC.COC1C(=O)OCc2c1cc1n(c2=O)Cc2c-1nc1cc3c(cc1c2CNC(C)C)OCO3. The molecule has 1 aromatic carbocycles. The lowest BCUT2D eigenvalue weighted by molar-refractivity contribution is -0.159. The molecular formula is C26H29N3O6. The van der Waals surface area contributed by atoms with Gasteiger partial charge in [-0.05, 0) is 17.7 Å². The Morgan fingerprint density at radius 1 is 1.11 bits per heavy atom. The van der Waals surface area contributed by atoms with E-state index in [9.17, 15) is 9.59 Å². The highest BCUT2D eigenvalue weighted by Gasteiger charge is 2.36. The number of benzene rings is 1. The number of cyclic esters (lactones) is 1. The lowest BCUT2D eigenvalue weighted by atomic mass is 9.98. The van der Waals surface area contributed by atoms with Gasteiger partial charge >= 0.3 is 5.97 Å². The van der Waals surface area contributed by atoms with Gasteiger partial charge in [0.2, 0.25) is 6.79 Å². The molecule has 5 heterocycles. The second-order valence-electron chi connectivity index (χ2n) is 8.75. The number of esters is 1. The summed E-state index contributed by atoms with van der Waals surface area (Å²) in [4.78, 5) is 30.6. The summed E-state index contributed by atoms with van der Waals surface area (Å²) in [5, 5.41) is 4.46. The minimum atomic E-state index is -0.923. The molecule has 0 spiro atoms. The van der Waals surface area contributed by atoms with E-state index in [0.717, 1.165) is 27.7 Å². The van der Waals surface area contributed by atoms with E-state index in [1.165, 1.54) is 7.11 Å². The van der Waals surface area contributed by atoms with E-state index < -0.39 is 12.1 Å². The maximum absolute atomic E-state index is 13.4. The van der Waals surface area contributed by atoms with Crippen molar-refractivity contribution in [3.63, 3.8) is 0 Å². The number of methoxy groups -OCH3 is 1. The van der Waals surface area contributed by atoms with E-state index in [4.69, 9.17) is 23.9 Å². The summed E-state index contributed by atoms with van der Waals surface area (Å²) in [5.74, 6) is 0.853. The van der Waals surface area contributed by atoms with Crippen LogP contribution in [0.1, 0.15) is 56.1 Å². The van der Waals surface area contributed by atoms with Gasteiger partial charge in [-0.3, -0.25) is 4.79 Å². The summed E-state index contributed by atoms with van der Waals surface area (Å²) in [6, 6.07) is 5.97. The molecule has 1 atom stereocenters. The Hall–Kier alpha value is -3.43. The highest BCUT2D eigenvalue weighted by Crippen LogP contribution is 2.42. The molecule has 2 aromatic heterocycles. The van der Waals surface area contributed by atoms with Gasteiger partial charge in [0.1, 0.15) is 6.61 Å². The number of carbonyl (C=O) groups excluding carboxylic acids is 1. The molecule has 9 heteroatoms. The first-order valence-corrected chi connectivity index (χ1v) is 11.9. The van der Waals surface area contributed by atoms with Gasteiger partial charge in [-0.15, -0.1) is 0 Å². The van der Waals surface area contributed by atoms with Gasteiger partial charge in [0.25, 0.3) is 5.56 Å². The van der Waals surface area contributed by atoms with Crippen molar-refractivity contribution in [2.24, 2.45) is 0 Å². The van der Waals surface area contributed by atoms with Gasteiger partial charge in [0, 0.05) is 42.3 Å². The Bertz CT molecular complexity index is 1390. The van der Waals surface area contributed by atoms with E-state index in [0.29, 0.717) is 41.4 Å². The normalized spacial score (nSPS) is 17.0. The van der Waals surface area contributed by atoms with Crippen LogP contribution >= 0.6 is 0 Å². The van der Waals surface area contributed by atoms with Crippen LogP contribution in [0, 0.1) is 0 Å². The molecule has 184 valence electrons. The lowest BCUT2D eigenvalue weighted by Gasteiger charge is -2.24. The van der Waals surface area contributed by atoms with Gasteiger partial charge in [-0.25, -0.2) is 9.78 Å². The average molecular weight is 480 g/mol. The topological polar surface area (TPSA) is 101 Å². The molecule has 35 heavy (non-hydrogen) atoms. The molecule has 1 N–H and O–H groups in total. The van der Waals surface area contributed by atoms with E-state index in [1.807, 2.05) is 32.0 Å². The molecule has 0 aliphatic carbocycles. The van der Waals surface area contributed by atoms with Gasteiger partial charge in [0.05, 0.1) is 29.0 Å². The zero-order valence-corrected chi connectivity index (χ0v) is 20.6. The average Bonchev–Trinajstić information content (AvgIpc) is 3.46. The highest BCUT2D eigenvalue weighted by atomic mass is 16.7. The van der Waals surface area contributed by atoms with Crippen LogP contribution in [0.4, 0.5) is 0 Å². The van der Waals surface area contributed by atoms with Crippen molar-refractivity contribution < 1.29 is 23.7 Å². The van der Waals surface area contributed by atoms with Crippen LogP contribution in [0.5, 0.6) is 11.5 Å². The van der Waals surface area contributed by atoms with Crippen LogP contribution in [-0.2, 0) is 34.0 Å². The molecule has 0 radical (unpaired) electrons. The van der Waals surface area contributed by atoms with Crippen LogP contribution in [-0.4, -0.2) is 35.5 Å². The molecule has 0 bridgehead atoms. The van der Waals surface area contributed by atoms with E-state index >= 15 is 0 Å². The lowest BCUT2D eigenvalue weighted by Crippen LogP contribution is -2.33. The van der Waals surface area contributed by atoms with Gasteiger partial charge < -0.3 is 28.8 Å². The van der Waals surface area contributed by atoms with Crippen LogP contribution in [0.25, 0.3) is 22.3 Å². The van der Waals surface area contributed by atoms with Crippen molar-refractivity contribution >= 4 is 16.9 Å². The van der Waals surface area contributed by atoms with Crippen molar-refractivity contribution in [2.75, 3.05) is 13.9 Å². The molecule has 6 rings (SSSR count). The van der Waals surface area contributed by atoms with E-state index in [1.54, 1.807) is 4.57 Å². The Morgan fingerprint density at radius 3 is 2.57 bits per heavy atom. The summed E-state index contributed by atoms with van der Waals surface area (Å²) in [7, 11) is 1.43.